The van der Waals surface area contributed by atoms with Gasteiger partial charge in [-0.15, -0.1) is 11.3 Å². The van der Waals surface area contributed by atoms with Crippen LogP contribution < -0.4 is 5.32 Å². The van der Waals surface area contributed by atoms with Crippen LogP contribution in [0.1, 0.15) is 15.9 Å². The summed E-state index contributed by atoms with van der Waals surface area (Å²) >= 11 is 1.70. The molecule has 0 saturated heterocycles. The van der Waals surface area contributed by atoms with Crippen LogP contribution in [0.5, 0.6) is 0 Å². The first-order chi connectivity index (χ1) is 12.3. The lowest BCUT2D eigenvalue weighted by Crippen LogP contribution is -2.22. The molecule has 3 nitrogen and oxygen atoms in total. The predicted molar refractivity (Wildman–Crippen MR) is 103 cm³/mol. The average molecular weight is 344 g/mol. The van der Waals surface area contributed by atoms with E-state index in [1.165, 1.54) is 4.70 Å². The highest BCUT2D eigenvalue weighted by atomic mass is 32.1. The highest BCUT2D eigenvalue weighted by molar-refractivity contribution is 7.17. The van der Waals surface area contributed by atoms with Gasteiger partial charge in [0.05, 0.1) is 5.69 Å². The molecule has 2 aromatic carbocycles. The molecule has 0 saturated carbocycles. The van der Waals surface area contributed by atoms with Gasteiger partial charge in [0.2, 0.25) is 0 Å². The van der Waals surface area contributed by atoms with Crippen molar-refractivity contribution < 1.29 is 4.79 Å². The number of carbonyl (C=O) groups is 1. The normalized spacial score (nSPS) is 10.7. The number of aromatic nitrogens is 1. The minimum absolute atomic E-state index is 0.0721. The van der Waals surface area contributed by atoms with E-state index in [0.717, 1.165) is 22.2 Å². The number of amides is 1. The van der Waals surface area contributed by atoms with E-state index in [4.69, 9.17) is 0 Å². The van der Waals surface area contributed by atoms with Crippen LogP contribution in [0, 0.1) is 0 Å². The van der Waals surface area contributed by atoms with Gasteiger partial charge in [0.15, 0.2) is 0 Å². The molecular formula is C21H16N2OS. The minimum atomic E-state index is -0.0721. The topological polar surface area (TPSA) is 42.0 Å². The second kappa shape index (κ2) is 6.87. The summed E-state index contributed by atoms with van der Waals surface area (Å²) in [5.74, 6) is -0.0721. The Morgan fingerprint density at radius 1 is 0.960 bits per heavy atom. The van der Waals surface area contributed by atoms with E-state index in [0.29, 0.717) is 12.1 Å². The number of benzene rings is 2. The molecule has 4 heteroatoms. The van der Waals surface area contributed by atoms with Crippen LogP contribution in [-0.2, 0) is 6.54 Å². The molecule has 1 amide bonds. The molecule has 4 rings (SSSR count). The molecule has 0 atom stereocenters. The molecule has 0 radical (unpaired) electrons. The van der Waals surface area contributed by atoms with Gasteiger partial charge >= 0.3 is 0 Å². The Labute approximate surface area is 150 Å². The molecule has 0 aliphatic carbocycles. The maximum atomic E-state index is 12.3. The molecule has 2 heterocycles. The van der Waals surface area contributed by atoms with Crippen LogP contribution in [0.3, 0.4) is 0 Å². The number of fused-ring (bicyclic) bond motifs is 1. The second-order valence-electron chi connectivity index (χ2n) is 5.74. The molecule has 2 aromatic heterocycles. The van der Waals surface area contributed by atoms with Crippen molar-refractivity contribution in [1.29, 1.82) is 0 Å². The van der Waals surface area contributed by atoms with Gasteiger partial charge in [-0.3, -0.25) is 9.78 Å². The summed E-state index contributed by atoms with van der Waals surface area (Å²) in [6, 6.07) is 21.6. The third kappa shape index (κ3) is 3.30. The van der Waals surface area contributed by atoms with E-state index < -0.39 is 0 Å². The first kappa shape index (κ1) is 15.5. The summed E-state index contributed by atoms with van der Waals surface area (Å²) < 4.78 is 1.22. The standard InChI is InChI=1S/C21H16N2OS/c24-21(23-14-15-4-2-1-3-5-15)17-8-6-16(7-9-17)20-18-11-13-25-19(18)10-12-22-20/h1-13H,14H2,(H,23,24). The first-order valence-electron chi connectivity index (χ1n) is 8.06. The molecule has 0 spiro atoms. The summed E-state index contributed by atoms with van der Waals surface area (Å²) in [6.45, 7) is 0.525. The third-order valence-electron chi connectivity index (χ3n) is 4.10. The summed E-state index contributed by atoms with van der Waals surface area (Å²) in [4.78, 5) is 16.8. The number of pyridine rings is 1. The van der Waals surface area contributed by atoms with Gasteiger partial charge in [0.1, 0.15) is 0 Å². The highest BCUT2D eigenvalue weighted by Crippen LogP contribution is 2.29. The summed E-state index contributed by atoms with van der Waals surface area (Å²) in [7, 11) is 0. The fraction of sp³-hybridized carbons (Fsp3) is 0.0476. The molecular weight excluding hydrogens is 328 g/mol. The molecule has 4 aromatic rings. The predicted octanol–water partition coefficient (Wildman–Crippen LogP) is 4.89. The smallest absolute Gasteiger partial charge is 0.251 e. The zero-order valence-electron chi connectivity index (χ0n) is 13.5. The van der Waals surface area contributed by atoms with Gasteiger partial charge in [0.25, 0.3) is 5.91 Å². The number of hydrogen-bond donors (Lipinski definition) is 1. The van der Waals surface area contributed by atoms with Crippen molar-refractivity contribution in [3.63, 3.8) is 0 Å². The summed E-state index contributed by atoms with van der Waals surface area (Å²) in [5.41, 5.74) is 3.71. The van der Waals surface area contributed by atoms with E-state index in [-0.39, 0.29) is 5.91 Å². The number of nitrogens with zero attached hydrogens (tertiary/aromatic N) is 1. The van der Waals surface area contributed by atoms with Crippen molar-refractivity contribution in [2.45, 2.75) is 6.54 Å². The fourth-order valence-corrected chi connectivity index (χ4v) is 3.57. The fourth-order valence-electron chi connectivity index (χ4n) is 2.78. The largest absolute Gasteiger partial charge is 0.348 e. The summed E-state index contributed by atoms with van der Waals surface area (Å²) in [5, 5.41) is 6.16. The molecule has 0 aliphatic rings. The average Bonchev–Trinajstić information content (AvgIpc) is 3.16. The molecule has 0 unspecified atom stereocenters. The lowest BCUT2D eigenvalue weighted by atomic mass is 10.1. The third-order valence-corrected chi connectivity index (χ3v) is 4.98. The maximum Gasteiger partial charge on any atom is 0.251 e. The van der Waals surface area contributed by atoms with Crippen LogP contribution in [0.15, 0.2) is 78.3 Å². The van der Waals surface area contributed by atoms with Crippen LogP contribution >= 0.6 is 11.3 Å². The second-order valence-corrected chi connectivity index (χ2v) is 6.69. The quantitative estimate of drug-likeness (QED) is 0.572. The summed E-state index contributed by atoms with van der Waals surface area (Å²) in [6.07, 6.45) is 1.83. The van der Waals surface area contributed by atoms with Crippen molar-refractivity contribution in [2.24, 2.45) is 0 Å². The van der Waals surface area contributed by atoms with Gasteiger partial charge < -0.3 is 5.32 Å². The lowest BCUT2D eigenvalue weighted by molar-refractivity contribution is 0.0951. The Hall–Kier alpha value is -2.98. The van der Waals surface area contributed by atoms with E-state index >= 15 is 0 Å². The highest BCUT2D eigenvalue weighted by Gasteiger charge is 2.09. The van der Waals surface area contributed by atoms with Crippen molar-refractivity contribution in [3.05, 3.63) is 89.4 Å². The zero-order valence-corrected chi connectivity index (χ0v) is 14.3. The van der Waals surface area contributed by atoms with Crippen molar-refractivity contribution in [2.75, 3.05) is 0 Å². The molecule has 0 bridgehead atoms. The minimum Gasteiger partial charge on any atom is -0.348 e. The first-order valence-corrected chi connectivity index (χ1v) is 8.94. The van der Waals surface area contributed by atoms with Crippen molar-refractivity contribution in [3.8, 4) is 11.3 Å². The number of carbonyl (C=O) groups excluding carboxylic acids is 1. The Balaban J connectivity index is 1.52. The molecule has 25 heavy (non-hydrogen) atoms. The van der Waals surface area contributed by atoms with Gasteiger partial charge in [-0.25, -0.2) is 0 Å². The number of rotatable bonds is 4. The Kier molecular flexibility index (Phi) is 4.27. The van der Waals surface area contributed by atoms with E-state index in [9.17, 15) is 4.79 Å². The molecule has 1 N–H and O–H groups in total. The lowest BCUT2D eigenvalue weighted by Gasteiger charge is -2.07. The van der Waals surface area contributed by atoms with Gasteiger partial charge in [-0.05, 0) is 35.2 Å². The number of thiophene rings is 1. The molecule has 0 aliphatic heterocycles. The molecule has 122 valence electrons. The maximum absolute atomic E-state index is 12.3. The van der Waals surface area contributed by atoms with Crippen LogP contribution in [0.25, 0.3) is 21.3 Å². The van der Waals surface area contributed by atoms with Crippen molar-refractivity contribution in [1.82, 2.24) is 10.3 Å². The Morgan fingerprint density at radius 3 is 2.56 bits per heavy atom. The van der Waals surface area contributed by atoms with Crippen LogP contribution in [0.2, 0.25) is 0 Å². The van der Waals surface area contributed by atoms with E-state index in [1.54, 1.807) is 11.3 Å². The van der Waals surface area contributed by atoms with Crippen LogP contribution in [0.4, 0.5) is 0 Å². The SMILES string of the molecule is O=C(NCc1ccccc1)c1ccc(-c2nccc3sccc23)cc1. The van der Waals surface area contributed by atoms with Gasteiger partial charge in [0, 0.05) is 34.0 Å². The van der Waals surface area contributed by atoms with Crippen LogP contribution in [-0.4, -0.2) is 10.9 Å². The van der Waals surface area contributed by atoms with Crippen molar-refractivity contribution >= 4 is 27.3 Å². The Bertz CT molecular complexity index is 1010. The number of hydrogen-bond acceptors (Lipinski definition) is 3. The van der Waals surface area contributed by atoms with Gasteiger partial charge in [-0.2, -0.15) is 0 Å². The Morgan fingerprint density at radius 2 is 1.76 bits per heavy atom. The zero-order chi connectivity index (χ0) is 17.1. The van der Waals surface area contributed by atoms with E-state index in [2.05, 4.69) is 21.7 Å². The van der Waals surface area contributed by atoms with E-state index in [1.807, 2.05) is 66.9 Å². The number of nitrogens with one attached hydrogen (secondary N) is 1. The van der Waals surface area contributed by atoms with Gasteiger partial charge in [-0.1, -0.05) is 42.5 Å². The monoisotopic (exact) mass is 344 g/mol. The molecule has 0 fully saturated rings.